The van der Waals surface area contributed by atoms with E-state index in [-0.39, 0.29) is 0 Å². The summed E-state index contributed by atoms with van der Waals surface area (Å²) in [5.41, 5.74) is 4.05. The maximum Gasteiger partial charge on any atom is 0.0537 e. The molecular weight excluding hydrogens is 260 g/mol. The van der Waals surface area contributed by atoms with Gasteiger partial charge in [0.25, 0.3) is 0 Å². The minimum Gasteiger partial charge on any atom is -0.296 e. The van der Waals surface area contributed by atoms with Crippen LogP contribution < -0.4 is 0 Å². The van der Waals surface area contributed by atoms with Gasteiger partial charge in [-0.2, -0.15) is 5.10 Å². The summed E-state index contributed by atoms with van der Waals surface area (Å²) in [6.07, 6.45) is 10.8. The molecule has 4 nitrogen and oxygen atoms in total. The number of hydrogen-bond donors (Lipinski definition) is 0. The number of likely N-dealkylation sites (tertiary alicyclic amines) is 1. The van der Waals surface area contributed by atoms with Crippen LogP contribution in [0.4, 0.5) is 0 Å². The molecule has 0 aromatic carbocycles. The van der Waals surface area contributed by atoms with Crippen LogP contribution in [0.2, 0.25) is 0 Å². The Labute approximate surface area is 126 Å². The van der Waals surface area contributed by atoms with Gasteiger partial charge in [-0.1, -0.05) is 0 Å². The van der Waals surface area contributed by atoms with E-state index in [0.717, 1.165) is 13.0 Å². The Balaban J connectivity index is 1.59. The molecule has 3 heterocycles. The zero-order chi connectivity index (χ0) is 14.7. The van der Waals surface area contributed by atoms with E-state index in [0.29, 0.717) is 6.04 Å². The second-order valence-corrected chi connectivity index (χ2v) is 6.04. The van der Waals surface area contributed by atoms with Crippen molar-refractivity contribution >= 4 is 0 Å². The lowest BCUT2D eigenvalue weighted by molar-refractivity contribution is 0.234. The van der Waals surface area contributed by atoms with Gasteiger partial charge >= 0.3 is 0 Å². The van der Waals surface area contributed by atoms with Crippen LogP contribution in [0, 0.1) is 6.92 Å². The van der Waals surface area contributed by atoms with Crippen LogP contribution >= 0.6 is 0 Å². The third kappa shape index (κ3) is 3.32. The van der Waals surface area contributed by atoms with Gasteiger partial charge < -0.3 is 0 Å². The Hall–Kier alpha value is -1.68. The fourth-order valence-corrected chi connectivity index (χ4v) is 3.23. The van der Waals surface area contributed by atoms with Crippen molar-refractivity contribution in [3.8, 4) is 0 Å². The van der Waals surface area contributed by atoms with Gasteiger partial charge in [-0.15, -0.1) is 0 Å². The molecular formula is C17H24N4. The first-order chi connectivity index (χ1) is 10.2. The highest BCUT2D eigenvalue weighted by Crippen LogP contribution is 2.24. The Morgan fingerprint density at radius 1 is 1.29 bits per heavy atom. The first-order valence-electron chi connectivity index (χ1n) is 7.84. The number of rotatable bonds is 5. The Morgan fingerprint density at radius 3 is 2.81 bits per heavy atom. The highest BCUT2D eigenvalue weighted by molar-refractivity contribution is 5.16. The highest BCUT2D eigenvalue weighted by atomic mass is 15.3. The van der Waals surface area contributed by atoms with Gasteiger partial charge in [0, 0.05) is 43.3 Å². The van der Waals surface area contributed by atoms with Gasteiger partial charge in [0.05, 0.1) is 6.20 Å². The molecule has 1 saturated heterocycles. The SMILES string of the molecule is Cc1c(CN2CCCC2CCc2ccncc2)cnn1C. The molecule has 0 saturated carbocycles. The van der Waals surface area contributed by atoms with Crippen molar-refractivity contribution in [3.63, 3.8) is 0 Å². The summed E-state index contributed by atoms with van der Waals surface area (Å²) in [5, 5.41) is 4.36. The maximum absolute atomic E-state index is 4.36. The average molecular weight is 284 g/mol. The second-order valence-electron chi connectivity index (χ2n) is 6.04. The first kappa shape index (κ1) is 14.3. The van der Waals surface area contributed by atoms with Crippen molar-refractivity contribution in [1.82, 2.24) is 19.7 Å². The van der Waals surface area contributed by atoms with Crippen LogP contribution in [0.25, 0.3) is 0 Å². The Kier molecular flexibility index (Phi) is 4.34. The molecule has 0 N–H and O–H groups in total. The van der Waals surface area contributed by atoms with Crippen molar-refractivity contribution in [2.75, 3.05) is 6.54 Å². The summed E-state index contributed by atoms with van der Waals surface area (Å²) >= 11 is 0. The minimum absolute atomic E-state index is 0.706. The van der Waals surface area contributed by atoms with Gasteiger partial charge in [-0.3, -0.25) is 14.6 Å². The quantitative estimate of drug-likeness (QED) is 0.846. The lowest BCUT2D eigenvalue weighted by atomic mass is 10.0. The molecule has 21 heavy (non-hydrogen) atoms. The molecule has 0 spiro atoms. The summed E-state index contributed by atoms with van der Waals surface area (Å²) in [6, 6.07) is 4.97. The Bertz CT molecular complexity index is 576. The normalized spacial score (nSPS) is 19.2. The summed E-state index contributed by atoms with van der Waals surface area (Å²) in [4.78, 5) is 6.72. The van der Waals surface area contributed by atoms with Crippen LogP contribution in [-0.4, -0.2) is 32.3 Å². The summed E-state index contributed by atoms with van der Waals surface area (Å²) in [5.74, 6) is 0. The van der Waals surface area contributed by atoms with E-state index in [1.165, 1.54) is 42.6 Å². The van der Waals surface area contributed by atoms with E-state index >= 15 is 0 Å². The number of hydrogen-bond acceptors (Lipinski definition) is 3. The van der Waals surface area contributed by atoms with Crippen molar-refractivity contribution in [1.29, 1.82) is 0 Å². The van der Waals surface area contributed by atoms with Gasteiger partial charge in [-0.25, -0.2) is 0 Å². The zero-order valence-electron chi connectivity index (χ0n) is 13.0. The highest BCUT2D eigenvalue weighted by Gasteiger charge is 2.25. The molecule has 2 aromatic heterocycles. The summed E-state index contributed by atoms with van der Waals surface area (Å²) in [6.45, 7) is 4.42. The molecule has 3 rings (SSSR count). The molecule has 1 aliphatic rings. The fraction of sp³-hybridized carbons (Fsp3) is 0.529. The fourth-order valence-electron chi connectivity index (χ4n) is 3.23. The van der Waals surface area contributed by atoms with E-state index in [4.69, 9.17) is 0 Å². The zero-order valence-corrected chi connectivity index (χ0v) is 13.0. The lowest BCUT2D eigenvalue weighted by Gasteiger charge is -2.24. The molecule has 4 heteroatoms. The van der Waals surface area contributed by atoms with Crippen molar-refractivity contribution in [2.45, 2.75) is 45.2 Å². The largest absolute Gasteiger partial charge is 0.296 e. The van der Waals surface area contributed by atoms with Crippen LogP contribution in [0.15, 0.2) is 30.7 Å². The smallest absolute Gasteiger partial charge is 0.0537 e. The molecule has 0 aliphatic carbocycles. The molecule has 1 aliphatic heterocycles. The number of nitrogens with zero attached hydrogens (tertiary/aromatic N) is 4. The van der Waals surface area contributed by atoms with Crippen molar-refractivity contribution in [3.05, 3.63) is 47.5 Å². The third-order valence-electron chi connectivity index (χ3n) is 4.73. The molecule has 1 atom stereocenters. The van der Waals surface area contributed by atoms with Crippen LogP contribution in [0.5, 0.6) is 0 Å². The average Bonchev–Trinajstić information content (AvgIpc) is 3.08. The predicted molar refractivity (Wildman–Crippen MR) is 83.9 cm³/mol. The monoisotopic (exact) mass is 284 g/mol. The molecule has 1 fully saturated rings. The molecule has 0 amide bonds. The van der Waals surface area contributed by atoms with Gasteiger partial charge in [0.1, 0.15) is 0 Å². The van der Waals surface area contributed by atoms with Crippen LogP contribution in [0.3, 0.4) is 0 Å². The molecule has 1 unspecified atom stereocenters. The van der Waals surface area contributed by atoms with Crippen LogP contribution in [0.1, 0.15) is 36.1 Å². The standard InChI is InChI=1S/C17H24N4/c1-14-16(12-19-20(14)2)13-21-11-3-4-17(21)6-5-15-7-9-18-10-8-15/h7-10,12,17H,3-6,11,13H2,1-2H3. The maximum atomic E-state index is 4.36. The van der Waals surface area contributed by atoms with E-state index in [9.17, 15) is 0 Å². The third-order valence-corrected chi connectivity index (χ3v) is 4.73. The van der Waals surface area contributed by atoms with Crippen molar-refractivity contribution < 1.29 is 0 Å². The van der Waals surface area contributed by atoms with Gasteiger partial charge in [0.15, 0.2) is 0 Å². The molecule has 2 aromatic rings. The minimum atomic E-state index is 0.706. The Morgan fingerprint density at radius 2 is 2.10 bits per heavy atom. The number of aromatic nitrogens is 3. The lowest BCUT2D eigenvalue weighted by Crippen LogP contribution is -2.29. The molecule has 0 bridgehead atoms. The predicted octanol–water partition coefficient (Wildman–Crippen LogP) is 2.72. The molecule has 0 radical (unpaired) electrons. The first-order valence-corrected chi connectivity index (χ1v) is 7.84. The summed E-state index contributed by atoms with van der Waals surface area (Å²) in [7, 11) is 2.02. The second kappa shape index (κ2) is 6.39. The molecule has 112 valence electrons. The van der Waals surface area contributed by atoms with E-state index in [2.05, 4.69) is 34.0 Å². The number of pyridine rings is 1. The van der Waals surface area contributed by atoms with Crippen LogP contribution in [-0.2, 0) is 20.0 Å². The number of aryl methyl sites for hydroxylation is 2. The van der Waals surface area contributed by atoms with Gasteiger partial charge in [-0.05, 0) is 56.8 Å². The summed E-state index contributed by atoms with van der Waals surface area (Å²) < 4.78 is 1.97. The van der Waals surface area contributed by atoms with Gasteiger partial charge in [0.2, 0.25) is 0 Å². The van der Waals surface area contributed by atoms with E-state index in [1.54, 1.807) is 0 Å². The van der Waals surface area contributed by atoms with E-state index in [1.807, 2.05) is 30.3 Å². The van der Waals surface area contributed by atoms with Crippen molar-refractivity contribution in [2.24, 2.45) is 7.05 Å². The topological polar surface area (TPSA) is 34.0 Å². The van der Waals surface area contributed by atoms with E-state index < -0.39 is 0 Å².